The van der Waals surface area contributed by atoms with E-state index >= 15 is 0 Å². The number of hydrogen-bond acceptors (Lipinski definition) is 5. The van der Waals surface area contributed by atoms with E-state index in [9.17, 15) is 4.39 Å². The Morgan fingerprint density at radius 3 is 2.86 bits per heavy atom. The van der Waals surface area contributed by atoms with Crippen molar-refractivity contribution in [2.45, 2.75) is 12.8 Å². The summed E-state index contributed by atoms with van der Waals surface area (Å²) in [7, 11) is 1.61. The summed E-state index contributed by atoms with van der Waals surface area (Å²) in [5, 5.41) is 0. The van der Waals surface area contributed by atoms with Crippen LogP contribution in [0.2, 0.25) is 0 Å². The van der Waals surface area contributed by atoms with E-state index in [4.69, 9.17) is 9.72 Å². The number of halogens is 1. The Balaban J connectivity index is 1.73. The van der Waals surface area contributed by atoms with Crippen molar-refractivity contribution in [3.8, 4) is 11.4 Å². The largest absolute Gasteiger partial charge is 0.497 e. The predicted molar refractivity (Wildman–Crippen MR) is 107 cm³/mol. The van der Waals surface area contributed by atoms with E-state index in [1.54, 1.807) is 25.7 Å². The molecule has 0 aliphatic rings. The third-order valence-electron chi connectivity index (χ3n) is 4.92. The summed E-state index contributed by atoms with van der Waals surface area (Å²) in [6.45, 7) is 1.97. The van der Waals surface area contributed by atoms with E-state index in [0.29, 0.717) is 34.1 Å². The van der Waals surface area contributed by atoms with Crippen molar-refractivity contribution in [2.24, 2.45) is 0 Å². The van der Waals surface area contributed by atoms with Crippen molar-refractivity contribution in [1.29, 1.82) is 0 Å². The van der Waals surface area contributed by atoms with Gasteiger partial charge in [0.05, 0.1) is 42.3 Å². The lowest BCUT2D eigenvalue weighted by molar-refractivity contribution is 0.414. The number of nitrogens with zero attached hydrogens (tertiary/aromatic N) is 5. The van der Waals surface area contributed by atoms with E-state index in [0.717, 1.165) is 11.2 Å². The number of hydrogen-bond donors (Lipinski definition) is 1. The predicted octanol–water partition coefficient (Wildman–Crippen LogP) is 3.99. The smallest absolute Gasteiger partial charge is 0.180 e. The minimum absolute atomic E-state index is 0.252. The fourth-order valence-corrected chi connectivity index (χ4v) is 3.45. The van der Waals surface area contributed by atoms with Crippen LogP contribution in [0.25, 0.3) is 27.9 Å². The second-order valence-electron chi connectivity index (χ2n) is 6.73. The Hall–Kier alpha value is -3.81. The zero-order valence-electron chi connectivity index (χ0n) is 15.8. The van der Waals surface area contributed by atoms with Crippen molar-refractivity contribution in [2.75, 3.05) is 7.11 Å². The van der Waals surface area contributed by atoms with Crippen LogP contribution in [0.3, 0.4) is 0 Å². The summed E-state index contributed by atoms with van der Waals surface area (Å²) >= 11 is 0. The molecule has 0 saturated carbocycles. The number of H-pyrrole nitrogens is 1. The quantitative estimate of drug-likeness (QED) is 0.503. The van der Waals surface area contributed by atoms with Gasteiger partial charge in [-0.1, -0.05) is 6.07 Å². The molecule has 29 heavy (non-hydrogen) atoms. The number of aromatic amines is 1. The zero-order valence-corrected chi connectivity index (χ0v) is 15.8. The summed E-state index contributed by atoms with van der Waals surface area (Å²) in [4.78, 5) is 21.0. The Labute approximate surface area is 165 Å². The summed E-state index contributed by atoms with van der Waals surface area (Å²) in [5.74, 6) is 1.42. The van der Waals surface area contributed by atoms with E-state index in [1.165, 1.54) is 12.1 Å². The number of benzene rings is 2. The topological polar surface area (TPSA) is 81.5 Å². The van der Waals surface area contributed by atoms with Gasteiger partial charge in [-0.05, 0) is 31.2 Å². The maximum absolute atomic E-state index is 14.0. The molecular weight excluding hydrogens is 371 g/mol. The molecule has 0 unspecified atom stereocenters. The first-order chi connectivity index (χ1) is 14.1. The normalized spacial score (nSPS) is 12.5. The molecule has 1 atom stereocenters. The third kappa shape index (κ3) is 2.89. The van der Waals surface area contributed by atoms with Gasteiger partial charge in [-0.3, -0.25) is 4.57 Å². The molecule has 0 aliphatic heterocycles. The molecule has 3 aromatic heterocycles. The number of methoxy groups -OCH3 is 1. The van der Waals surface area contributed by atoms with E-state index in [-0.39, 0.29) is 11.7 Å². The maximum Gasteiger partial charge on any atom is 0.180 e. The van der Waals surface area contributed by atoms with Gasteiger partial charge in [-0.25, -0.2) is 24.3 Å². The molecule has 0 spiro atoms. The van der Waals surface area contributed by atoms with Crippen molar-refractivity contribution in [3.05, 3.63) is 72.5 Å². The Kier molecular flexibility index (Phi) is 3.97. The van der Waals surface area contributed by atoms with Gasteiger partial charge in [-0.2, -0.15) is 0 Å². The monoisotopic (exact) mass is 388 g/mol. The van der Waals surface area contributed by atoms with Gasteiger partial charge in [0, 0.05) is 12.1 Å². The molecule has 0 aliphatic carbocycles. The minimum atomic E-state index is -0.324. The summed E-state index contributed by atoms with van der Waals surface area (Å²) in [6.07, 6.45) is 3.29. The van der Waals surface area contributed by atoms with Crippen LogP contribution < -0.4 is 4.74 Å². The molecule has 0 saturated heterocycles. The number of fused-ring (bicyclic) bond motifs is 2. The lowest BCUT2D eigenvalue weighted by Crippen LogP contribution is -2.10. The molecule has 0 fully saturated rings. The number of imidazole rings is 2. The number of aromatic nitrogens is 6. The van der Waals surface area contributed by atoms with Gasteiger partial charge in [-0.15, -0.1) is 0 Å². The standard InChI is InChI=1S/C21H17FN6O/c1-12(19-23-10-17-20(27-19)25-11-24-17)21-26-16-7-6-13(22)8-18(16)28(21)14-4-3-5-15(9-14)29-2/h3-12H,1-2H3,(H,23,24,25,27)/t12-/m1/s1. The van der Waals surface area contributed by atoms with Gasteiger partial charge in [0.1, 0.15) is 28.7 Å². The molecule has 144 valence electrons. The fraction of sp³-hybridized carbons (Fsp3) is 0.143. The zero-order chi connectivity index (χ0) is 20.0. The molecule has 5 rings (SSSR count). The maximum atomic E-state index is 14.0. The van der Waals surface area contributed by atoms with E-state index in [1.807, 2.05) is 35.8 Å². The fourth-order valence-electron chi connectivity index (χ4n) is 3.45. The molecule has 0 bridgehead atoms. The third-order valence-corrected chi connectivity index (χ3v) is 4.92. The van der Waals surface area contributed by atoms with Gasteiger partial charge >= 0.3 is 0 Å². The van der Waals surface area contributed by atoms with Gasteiger partial charge in [0.2, 0.25) is 0 Å². The summed E-state index contributed by atoms with van der Waals surface area (Å²) in [6, 6.07) is 12.1. The average molecular weight is 388 g/mol. The van der Waals surface area contributed by atoms with Gasteiger partial charge in [0.15, 0.2) is 5.65 Å². The first-order valence-electron chi connectivity index (χ1n) is 9.12. The average Bonchev–Trinajstić information content (AvgIpc) is 3.36. The van der Waals surface area contributed by atoms with Crippen molar-refractivity contribution < 1.29 is 9.13 Å². The first-order valence-corrected chi connectivity index (χ1v) is 9.12. The van der Waals surface area contributed by atoms with Crippen LogP contribution in [0, 0.1) is 5.82 Å². The van der Waals surface area contributed by atoms with Crippen LogP contribution in [-0.4, -0.2) is 36.6 Å². The van der Waals surface area contributed by atoms with E-state index < -0.39 is 0 Å². The molecule has 0 radical (unpaired) electrons. The first kappa shape index (κ1) is 17.3. The molecule has 1 N–H and O–H groups in total. The molecule has 0 amide bonds. The second kappa shape index (κ2) is 6.66. The highest BCUT2D eigenvalue weighted by atomic mass is 19.1. The van der Waals surface area contributed by atoms with Gasteiger partial charge in [0.25, 0.3) is 0 Å². The molecule has 5 aromatic rings. The number of ether oxygens (including phenoxy) is 1. The molecule has 8 heteroatoms. The van der Waals surface area contributed by atoms with Crippen LogP contribution in [-0.2, 0) is 0 Å². The van der Waals surface area contributed by atoms with Crippen molar-refractivity contribution in [3.63, 3.8) is 0 Å². The molecule has 3 heterocycles. The van der Waals surface area contributed by atoms with Crippen LogP contribution >= 0.6 is 0 Å². The van der Waals surface area contributed by atoms with Crippen LogP contribution in [0.1, 0.15) is 24.5 Å². The molecule has 7 nitrogen and oxygen atoms in total. The van der Waals surface area contributed by atoms with Crippen molar-refractivity contribution in [1.82, 2.24) is 29.5 Å². The SMILES string of the molecule is COc1cccc(-n2c([C@H](C)c3ncc4[nH]cnc4n3)nc3ccc(F)cc32)c1. The Bertz CT molecular complexity index is 1340. The summed E-state index contributed by atoms with van der Waals surface area (Å²) in [5.41, 5.74) is 3.54. The number of nitrogens with one attached hydrogen (secondary N) is 1. The molecular formula is C21H17FN6O. The van der Waals surface area contributed by atoms with Crippen molar-refractivity contribution >= 4 is 22.2 Å². The highest BCUT2D eigenvalue weighted by Crippen LogP contribution is 2.30. The Morgan fingerprint density at radius 2 is 2.00 bits per heavy atom. The van der Waals surface area contributed by atoms with E-state index in [2.05, 4.69) is 19.9 Å². The highest BCUT2D eigenvalue weighted by molar-refractivity contribution is 5.79. The highest BCUT2D eigenvalue weighted by Gasteiger charge is 2.22. The Morgan fingerprint density at radius 1 is 1.10 bits per heavy atom. The lowest BCUT2D eigenvalue weighted by Gasteiger charge is -2.14. The second-order valence-corrected chi connectivity index (χ2v) is 6.73. The van der Waals surface area contributed by atoms with Crippen LogP contribution in [0.5, 0.6) is 5.75 Å². The van der Waals surface area contributed by atoms with Gasteiger partial charge < -0.3 is 9.72 Å². The summed E-state index contributed by atoms with van der Waals surface area (Å²) < 4.78 is 21.3. The van der Waals surface area contributed by atoms with Crippen LogP contribution in [0.4, 0.5) is 4.39 Å². The molecule has 2 aromatic carbocycles. The lowest BCUT2D eigenvalue weighted by atomic mass is 10.1. The van der Waals surface area contributed by atoms with Crippen LogP contribution in [0.15, 0.2) is 55.0 Å². The number of rotatable bonds is 4. The minimum Gasteiger partial charge on any atom is -0.497 e.